The van der Waals surface area contributed by atoms with E-state index in [0.29, 0.717) is 12.2 Å². The third-order valence-electron chi connectivity index (χ3n) is 4.87. The van der Waals surface area contributed by atoms with E-state index in [2.05, 4.69) is 5.10 Å². The summed E-state index contributed by atoms with van der Waals surface area (Å²) in [6.45, 7) is 0.672. The molecule has 1 aromatic carbocycles. The number of halogens is 1. The lowest BCUT2D eigenvalue weighted by Gasteiger charge is -2.35. The molecule has 0 spiro atoms. The Morgan fingerprint density at radius 1 is 1.23 bits per heavy atom. The number of thiophene rings is 1. The highest BCUT2D eigenvalue weighted by molar-refractivity contribution is 7.13. The van der Waals surface area contributed by atoms with E-state index in [1.54, 1.807) is 22.1 Å². The highest BCUT2D eigenvalue weighted by Gasteiger charge is 2.30. The van der Waals surface area contributed by atoms with Gasteiger partial charge in [0, 0.05) is 13.6 Å². The van der Waals surface area contributed by atoms with Crippen LogP contribution in [0.15, 0.2) is 47.8 Å². The van der Waals surface area contributed by atoms with Gasteiger partial charge in [-0.15, -0.1) is 11.3 Å². The van der Waals surface area contributed by atoms with Gasteiger partial charge in [0.15, 0.2) is 5.69 Å². The van der Waals surface area contributed by atoms with Gasteiger partial charge in [0.1, 0.15) is 5.82 Å². The molecule has 4 rings (SSSR count). The standard InChI is InChI=1S/C20H20FN3OS/c1-23-18(19-9-5-11-26-19)13-16(22-23)20(25)24-10-3-2-8-17(24)14-6-4-7-15(21)12-14/h4-7,9,11-13,17H,2-3,8,10H2,1H3/t17-/m1/s1. The number of piperidine rings is 1. The van der Waals surface area contributed by atoms with E-state index in [0.717, 1.165) is 35.4 Å². The molecule has 134 valence electrons. The van der Waals surface area contributed by atoms with Crippen LogP contribution < -0.4 is 0 Å². The van der Waals surface area contributed by atoms with Crippen LogP contribution in [-0.4, -0.2) is 27.1 Å². The lowest BCUT2D eigenvalue weighted by Crippen LogP contribution is -2.38. The van der Waals surface area contributed by atoms with Crippen molar-refractivity contribution in [3.8, 4) is 10.6 Å². The Morgan fingerprint density at radius 3 is 2.88 bits per heavy atom. The summed E-state index contributed by atoms with van der Waals surface area (Å²) in [7, 11) is 1.85. The molecule has 1 amide bonds. The number of hydrogen-bond acceptors (Lipinski definition) is 3. The van der Waals surface area contributed by atoms with Crippen molar-refractivity contribution in [2.45, 2.75) is 25.3 Å². The van der Waals surface area contributed by atoms with Gasteiger partial charge in [0.25, 0.3) is 5.91 Å². The van der Waals surface area contributed by atoms with Gasteiger partial charge in [-0.25, -0.2) is 4.39 Å². The van der Waals surface area contributed by atoms with E-state index >= 15 is 0 Å². The summed E-state index contributed by atoms with van der Waals surface area (Å²) >= 11 is 1.62. The zero-order chi connectivity index (χ0) is 18.1. The molecule has 0 bridgehead atoms. The van der Waals surface area contributed by atoms with E-state index in [4.69, 9.17) is 0 Å². The van der Waals surface area contributed by atoms with Gasteiger partial charge in [0.05, 0.1) is 16.6 Å². The quantitative estimate of drug-likeness (QED) is 0.674. The van der Waals surface area contributed by atoms with Gasteiger partial charge in [-0.3, -0.25) is 9.48 Å². The van der Waals surface area contributed by atoms with E-state index in [9.17, 15) is 9.18 Å². The molecule has 4 nitrogen and oxygen atoms in total. The minimum atomic E-state index is -0.265. The molecule has 0 aliphatic carbocycles. The van der Waals surface area contributed by atoms with Crippen molar-refractivity contribution >= 4 is 17.2 Å². The second-order valence-corrected chi connectivity index (χ2v) is 7.53. The Bertz CT molecular complexity index is 919. The molecular weight excluding hydrogens is 349 g/mol. The molecule has 1 fully saturated rings. The van der Waals surface area contributed by atoms with Gasteiger partial charge in [0.2, 0.25) is 0 Å². The average molecular weight is 369 g/mol. The van der Waals surface area contributed by atoms with Gasteiger partial charge in [-0.2, -0.15) is 5.10 Å². The van der Waals surface area contributed by atoms with Crippen molar-refractivity contribution in [2.75, 3.05) is 6.54 Å². The highest BCUT2D eigenvalue weighted by Crippen LogP contribution is 2.33. The molecule has 6 heteroatoms. The number of rotatable bonds is 3. The highest BCUT2D eigenvalue weighted by atomic mass is 32.1. The molecule has 3 heterocycles. The molecule has 3 aromatic rings. The fraction of sp³-hybridized carbons (Fsp3) is 0.300. The van der Waals surface area contributed by atoms with Crippen LogP contribution >= 0.6 is 11.3 Å². The number of aromatic nitrogens is 2. The molecule has 1 aliphatic rings. The Morgan fingerprint density at radius 2 is 2.12 bits per heavy atom. The number of nitrogens with zero attached hydrogens (tertiary/aromatic N) is 3. The average Bonchev–Trinajstić information content (AvgIpc) is 3.30. The van der Waals surface area contributed by atoms with Crippen LogP contribution in [0.3, 0.4) is 0 Å². The molecule has 1 atom stereocenters. The molecule has 0 N–H and O–H groups in total. The van der Waals surface area contributed by atoms with Crippen molar-refractivity contribution in [3.63, 3.8) is 0 Å². The SMILES string of the molecule is Cn1nc(C(=O)N2CCCC[C@@H]2c2cccc(F)c2)cc1-c1cccs1. The summed E-state index contributed by atoms with van der Waals surface area (Å²) < 4.78 is 15.4. The zero-order valence-electron chi connectivity index (χ0n) is 14.6. The van der Waals surface area contributed by atoms with Gasteiger partial charge < -0.3 is 4.90 Å². The van der Waals surface area contributed by atoms with E-state index < -0.39 is 0 Å². The maximum atomic E-state index is 13.7. The topological polar surface area (TPSA) is 38.1 Å². The molecule has 2 aromatic heterocycles. The number of amides is 1. The van der Waals surface area contributed by atoms with Crippen molar-refractivity contribution in [2.24, 2.45) is 7.05 Å². The number of hydrogen-bond donors (Lipinski definition) is 0. The number of likely N-dealkylation sites (tertiary alicyclic amines) is 1. The zero-order valence-corrected chi connectivity index (χ0v) is 15.4. The number of carbonyl (C=O) groups is 1. The third kappa shape index (κ3) is 3.17. The Labute approximate surface area is 155 Å². The Hall–Kier alpha value is -2.47. The molecule has 0 radical (unpaired) electrons. The fourth-order valence-electron chi connectivity index (χ4n) is 3.61. The first kappa shape index (κ1) is 17.0. The predicted molar refractivity (Wildman–Crippen MR) is 101 cm³/mol. The number of benzene rings is 1. The molecule has 1 aliphatic heterocycles. The van der Waals surface area contributed by atoms with Crippen molar-refractivity contribution in [3.05, 3.63) is 64.9 Å². The molecular formula is C20H20FN3OS. The van der Waals surface area contributed by atoms with Gasteiger partial charge >= 0.3 is 0 Å². The second-order valence-electron chi connectivity index (χ2n) is 6.58. The first-order chi connectivity index (χ1) is 12.6. The summed E-state index contributed by atoms with van der Waals surface area (Å²) in [4.78, 5) is 16.1. The minimum absolute atomic E-state index is 0.0858. The first-order valence-electron chi connectivity index (χ1n) is 8.78. The van der Waals surface area contributed by atoms with Crippen LogP contribution in [0.25, 0.3) is 10.6 Å². The molecule has 26 heavy (non-hydrogen) atoms. The van der Waals surface area contributed by atoms with Crippen molar-refractivity contribution < 1.29 is 9.18 Å². The summed E-state index contributed by atoms with van der Waals surface area (Å²) in [5.74, 6) is -0.351. The van der Waals surface area contributed by atoms with E-state index in [1.807, 2.05) is 41.6 Å². The molecule has 1 saturated heterocycles. The van der Waals surface area contributed by atoms with Crippen LogP contribution in [0.4, 0.5) is 4.39 Å². The minimum Gasteiger partial charge on any atom is -0.330 e. The first-order valence-corrected chi connectivity index (χ1v) is 9.66. The van der Waals surface area contributed by atoms with Crippen LogP contribution in [0.2, 0.25) is 0 Å². The molecule has 0 unspecified atom stereocenters. The van der Waals surface area contributed by atoms with E-state index in [-0.39, 0.29) is 17.8 Å². The van der Waals surface area contributed by atoms with Crippen molar-refractivity contribution in [1.29, 1.82) is 0 Å². The van der Waals surface area contributed by atoms with Gasteiger partial charge in [-0.05, 0) is 54.5 Å². The predicted octanol–water partition coefficient (Wildman–Crippen LogP) is 4.66. The second kappa shape index (κ2) is 7.03. The Balaban J connectivity index is 1.65. The largest absolute Gasteiger partial charge is 0.330 e. The summed E-state index contributed by atoms with van der Waals surface area (Å²) in [5.41, 5.74) is 2.23. The summed E-state index contributed by atoms with van der Waals surface area (Å²) in [6.07, 6.45) is 2.84. The lowest BCUT2D eigenvalue weighted by atomic mass is 9.95. The van der Waals surface area contributed by atoms with Crippen LogP contribution in [-0.2, 0) is 7.05 Å². The fourth-order valence-corrected chi connectivity index (χ4v) is 4.38. The van der Waals surface area contributed by atoms with Crippen molar-refractivity contribution in [1.82, 2.24) is 14.7 Å². The van der Waals surface area contributed by atoms with Gasteiger partial charge in [-0.1, -0.05) is 18.2 Å². The molecule has 0 saturated carbocycles. The number of carbonyl (C=O) groups excluding carboxylic acids is 1. The monoisotopic (exact) mass is 369 g/mol. The lowest BCUT2D eigenvalue weighted by molar-refractivity contribution is 0.0604. The van der Waals surface area contributed by atoms with Crippen LogP contribution in [0.5, 0.6) is 0 Å². The Kier molecular flexibility index (Phi) is 4.59. The smallest absolute Gasteiger partial charge is 0.274 e. The van der Waals surface area contributed by atoms with Crippen LogP contribution in [0.1, 0.15) is 41.4 Å². The summed E-state index contributed by atoms with van der Waals surface area (Å²) in [5, 5.41) is 6.45. The maximum Gasteiger partial charge on any atom is 0.274 e. The summed E-state index contributed by atoms with van der Waals surface area (Å²) in [6, 6.07) is 12.3. The van der Waals surface area contributed by atoms with E-state index in [1.165, 1.54) is 12.1 Å². The van der Waals surface area contributed by atoms with Crippen LogP contribution in [0, 0.1) is 5.82 Å². The maximum absolute atomic E-state index is 13.7. The number of aryl methyl sites for hydroxylation is 1. The third-order valence-corrected chi connectivity index (χ3v) is 5.76. The normalized spacial score (nSPS) is 17.5.